The van der Waals surface area contributed by atoms with Crippen molar-refractivity contribution in [2.75, 3.05) is 0 Å². The lowest BCUT2D eigenvalue weighted by Gasteiger charge is -2.18. The number of nitrogens with zero attached hydrogens (tertiary/aromatic N) is 8. The van der Waals surface area contributed by atoms with Crippen LogP contribution in [0.15, 0.2) is 328 Å². The van der Waals surface area contributed by atoms with Gasteiger partial charge in [0.15, 0.2) is 28.8 Å². The quantitative estimate of drug-likeness (QED) is 0.114. The predicted molar refractivity (Wildman–Crippen MR) is 400 cm³/mol. The van der Waals surface area contributed by atoms with E-state index in [1.54, 1.807) is 0 Å². The van der Waals surface area contributed by atoms with E-state index in [0.29, 0.717) is 34.4 Å². The van der Waals surface area contributed by atoms with Gasteiger partial charge in [-0.1, -0.05) is 243 Å². The number of nitriles is 1. The van der Waals surface area contributed by atoms with Gasteiger partial charge in [0.05, 0.1) is 58.2 Å². The summed E-state index contributed by atoms with van der Waals surface area (Å²) in [5.41, 5.74) is 24.2. The van der Waals surface area contributed by atoms with E-state index in [1.165, 1.54) is 0 Å². The first-order valence-electron chi connectivity index (χ1n) is 32.4. The zero-order valence-electron chi connectivity index (χ0n) is 52.8. The summed E-state index contributed by atoms with van der Waals surface area (Å²) in [6, 6.07) is 116. The number of fused-ring (bicyclic) bond motifs is 6. The maximum absolute atomic E-state index is 9.92. The Hall–Kier alpha value is -13.8. The number of hydrogen-bond acceptors (Lipinski definition) is 4. The Morgan fingerprint density at radius 2 is 0.531 bits per heavy atom. The van der Waals surface area contributed by atoms with Crippen LogP contribution in [0.5, 0.6) is 0 Å². The number of hydrogen-bond donors (Lipinski definition) is 0. The SMILES string of the molecule is [C-]#[N+]c1ccc(-c2ccc(-c3nc(-c4ccc(-c5cccc(C#N)c5)cc4)nc(-c4ccc(-c5ccc([N+]#[C-])cc5)cc4-n4c5ccc(-c6ccccc6)cc5c5cc(-c6ccccc6)ccc54)n3)c(-n3c4ccc(-c5ccccc5)cc4c4cc(-c5ccccc5)ccc43)c2)cc1. The molecule has 17 rings (SSSR count). The van der Waals surface area contributed by atoms with Crippen LogP contribution in [0.3, 0.4) is 0 Å². The maximum atomic E-state index is 9.92. The fourth-order valence-electron chi connectivity index (χ4n) is 13.8. The Kier molecular flexibility index (Phi) is 14.5. The summed E-state index contributed by atoms with van der Waals surface area (Å²) in [5, 5.41) is 14.3. The average Bonchev–Trinajstić information content (AvgIpc) is 1.54. The van der Waals surface area contributed by atoms with Crippen molar-refractivity contribution in [3.8, 4) is 129 Å². The lowest BCUT2D eigenvalue weighted by molar-refractivity contribution is 1.06. The van der Waals surface area contributed by atoms with Gasteiger partial charge in [0.25, 0.3) is 0 Å². The molecule has 0 aliphatic carbocycles. The summed E-state index contributed by atoms with van der Waals surface area (Å²) in [7, 11) is 0. The molecule has 0 N–H and O–H groups in total. The molecule has 454 valence electrons. The minimum absolute atomic E-state index is 0.449. The molecular weight excluding hydrogens is 1190 g/mol. The summed E-state index contributed by atoms with van der Waals surface area (Å²) >= 11 is 0. The first kappa shape index (κ1) is 58.0. The Bertz CT molecular complexity index is 5580. The highest BCUT2D eigenvalue weighted by atomic mass is 15.1. The van der Waals surface area contributed by atoms with E-state index in [0.717, 1.165) is 150 Å². The minimum Gasteiger partial charge on any atom is -0.308 e. The summed E-state index contributed by atoms with van der Waals surface area (Å²) in [6.07, 6.45) is 0. The fourth-order valence-corrected chi connectivity index (χ4v) is 13.8. The molecule has 0 radical (unpaired) electrons. The van der Waals surface area contributed by atoms with Crippen LogP contribution in [0.4, 0.5) is 11.4 Å². The second-order valence-corrected chi connectivity index (χ2v) is 24.4. The Balaban J connectivity index is 0.949. The van der Waals surface area contributed by atoms with Gasteiger partial charge in [-0.2, -0.15) is 5.26 Å². The highest BCUT2D eigenvalue weighted by Gasteiger charge is 2.25. The monoisotopic (exact) mass is 1250 g/mol. The van der Waals surface area contributed by atoms with Crippen LogP contribution in [0.1, 0.15) is 5.56 Å². The zero-order valence-corrected chi connectivity index (χ0v) is 52.8. The van der Waals surface area contributed by atoms with Gasteiger partial charge in [-0.3, -0.25) is 0 Å². The van der Waals surface area contributed by atoms with Crippen LogP contribution in [0.25, 0.3) is 177 Å². The van der Waals surface area contributed by atoms with Gasteiger partial charge in [-0.15, -0.1) is 0 Å². The highest BCUT2D eigenvalue weighted by molar-refractivity contribution is 6.14. The van der Waals surface area contributed by atoms with E-state index in [2.05, 4.69) is 268 Å². The molecule has 8 nitrogen and oxygen atoms in total. The molecule has 17 aromatic rings. The van der Waals surface area contributed by atoms with Crippen molar-refractivity contribution in [3.05, 3.63) is 356 Å². The third kappa shape index (κ3) is 10.6. The molecule has 0 aliphatic heterocycles. The first-order valence-corrected chi connectivity index (χ1v) is 32.4. The smallest absolute Gasteiger partial charge is 0.187 e. The van der Waals surface area contributed by atoms with Gasteiger partial charge < -0.3 is 9.13 Å². The standard InChI is InChI=1S/C90H54N8/c1-92-74-40-30-64(31-41-74)72-34-44-76(86(55-72)97-82-46-36-68(59-17-7-3-8-18-59)51-78(82)79-52-69(37-47-83(79)97)60-19-9-4-10-20-60)89-94-88(66-28-26-63(27-29-66)67-25-15-16-58(50-67)57-91)95-90(96-89)77-45-35-73(65-32-42-75(93-2)43-33-65)56-87(77)98-84-48-38-70(61-21-11-5-12-22-61)53-80(84)81-54-71(39-49-85(81)98)62-23-13-6-14-24-62/h3-56H. The van der Waals surface area contributed by atoms with Crippen LogP contribution >= 0.6 is 0 Å². The van der Waals surface area contributed by atoms with Crippen LogP contribution in [-0.4, -0.2) is 24.1 Å². The van der Waals surface area contributed by atoms with Crippen molar-refractivity contribution in [2.24, 2.45) is 0 Å². The lowest BCUT2D eigenvalue weighted by Crippen LogP contribution is -2.06. The van der Waals surface area contributed by atoms with E-state index >= 15 is 0 Å². The van der Waals surface area contributed by atoms with Gasteiger partial charge >= 0.3 is 0 Å². The Labute approximate surface area is 566 Å². The third-order valence-electron chi connectivity index (χ3n) is 18.7. The molecule has 0 saturated heterocycles. The van der Waals surface area contributed by atoms with Gasteiger partial charge in [-0.05, 0) is 163 Å². The third-order valence-corrected chi connectivity index (χ3v) is 18.7. The molecule has 0 aliphatic rings. The molecule has 0 bridgehead atoms. The second kappa shape index (κ2) is 24.6. The molecule has 8 heteroatoms. The normalized spacial score (nSPS) is 11.2. The molecule has 14 aromatic carbocycles. The van der Waals surface area contributed by atoms with Crippen LogP contribution in [-0.2, 0) is 0 Å². The van der Waals surface area contributed by atoms with E-state index in [9.17, 15) is 5.26 Å². The molecular formula is C90H54N8. The molecule has 98 heavy (non-hydrogen) atoms. The maximum Gasteiger partial charge on any atom is 0.187 e. The summed E-state index contributed by atoms with van der Waals surface area (Å²) in [5.74, 6) is 1.36. The van der Waals surface area contributed by atoms with Crippen LogP contribution in [0, 0.1) is 24.5 Å². The summed E-state index contributed by atoms with van der Waals surface area (Å²) in [4.78, 5) is 24.5. The van der Waals surface area contributed by atoms with Gasteiger partial charge in [0.1, 0.15) is 0 Å². The molecule has 0 fully saturated rings. The second-order valence-electron chi connectivity index (χ2n) is 24.4. The molecule has 3 heterocycles. The van der Waals surface area contributed by atoms with Crippen molar-refractivity contribution in [3.63, 3.8) is 0 Å². The fraction of sp³-hybridized carbons (Fsp3) is 0. The Morgan fingerprint density at radius 1 is 0.255 bits per heavy atom. The largest absolute Gasteiger partial charge is 0.308 e. The highest BCUT2D eigenvalue weighted by Crippen LogP contribution is 2.45. The van der Waals surface area contributed by atoms with Crippen LogP contribution in [0.2, 0.25) is 0 Å². The van der Waals surface area contributed by atoms with Crippen molar-refractivity contribution < 1.29 is 0 Å². The molecule has 0 unspecified atom stereocenters. The topological polar surface area (TPSA) is 81.0 Å². The average molecular weight is 1250 g/mol. The number of benzene rings is 14. The minimum atomic E-state index is 0.449. The van der Waals surface area contributed by atoms with Crippen molar-refractivity contribution in [1.29, 1.82) is 5.26 Å². The molecule has 0 saturated carbocycles. The van der Waals surface area contributed by atoms with E-state index < -0.39 is 0 Å². The molecule has 0 amide bonds. The summed E-state index contributed by atoms with van der Waals surface area (Å²) < 4.78 is 4.72. The molecule has 3 aromatic heterocycles. The van der Waals surface area contributed by atoms with E-state index in [1.807, 2.05) is 84.9 Å². The Morgan fingerprint density at radius 3 is 0.878 bits per heavy atom. The molecule has 0 atom stereocenters. The van der Waals surface area contributed by atoms with E-state index in [-0.39, 0.29) is 0 Å². The lowest BCUT2D eigenvalue weighted by atomic mass is 10.00. The van der Waals surface area contributed by atoms with Crippen LogP contribution < -0.4 is 0 Å². The predicted octanol–water partition coefficient (Wildman–Crippen LogP) is 23.7. The van der Waals surface area contributed by atoms with Gasteiger partial charge in [0, 0.05) is 38.2 Å². The van der Waals surface area contributed by atoms with Gasteiger partial charge in [-0.25, -0.2) is 24.6 Å². The zero-order chi connectivity index (χ0) is 65.6. The number of aromatic nitrogens is 5. The summed E-state index contributed by atoms with van der Waals surface area (Å²) in [6.45, 7) is 15.7. The molecule has 0 spiro atoms. The van der Waals surface area contributed by atoms with Crippen molar-refractivity contribution in [2.45, 2.75) is 0 Å². The van der Waals surface area contributed by atoms with Crippen molar-refractivity contribution in [1.82, 2.24) is 24.1 Å². The van der Waals surface area contributed by atoms with Crippen molar-refractivity contribution >= 4 is 55.0 Å². The number of rotatable bonds is 12. The van der Waals surface area contributed by atoms with E-state index in [4.69, 9.17) is 28.1 Å². The first-order chi connectivity index (χ1) is 48.4. The van der Waals surface area contributed by atoms with Gasteiger partial charge in [0.2, 0.25) is 0 Å².